The zero-order valence-electron chi connectivity index (χ0n) is 12.0. The minimum Gasteiger partial charge on any atom is -0.383 e. The molecule has 0 aliphatic rings. The summed E-state index contributed by atoms with van der Waals surface area (Å²) in [6.07, 6.45) is -4.60. The molecule has 0 atom stereocenters. The Labute approximate surface area is 149 Å². The SMILES string of the molecule is CCOSc1c(C#N)nn(-c2c(Cl)cc(C(F)(F)F)cc2Cl)c1N. The third-order valence-corrected chi connectivity index (χ3v) is 4.30. The van der Waals surface area contributed by atoms with Crippen molar-refractivity contribution in [3.63, 3.8) is 0 Å². The van der Waals surface area contributed by atoms with E-state index in [1.807, 2.05) is 6.07 Å². The van der Waals surface area contributed by atoms with Gasteiger partial charge < -0.3 is 9.92 Å². The second kappa shape index (κ2) is 7.11. The molecule has 0 radical (unpaired) electrons. The van der Waals surface area contributed by atoms with E-state index in [0.717, 1.165) is 16.7 Å². The zero-order valence-corrected chi connectivity index (χ0v) is 14.3. The van der Waals surface area contributed by atoms with Crippen molar-refractivity contribution in [2.75, 3.05) is 12.3 Å². The van der Waals surface area contributed by atoms with Crippen molar-refractivity contribution in [1.82, 2.24) is 9.78 Å². The molecule has 1 heterocycles. The van der Waals surface area contributed by atoms with E-state index in [2.05, 4.69) is 5.10 Å². The molecule has 11 heteroatoms. The van der Waals surface area contributed by atoms with Gasteiger partial charge in [0.15, 0.2) is 5.69 Å². The van der Waals surface area contributed by atoms with Crippen molar-refractivity contribution < 1.29 is 17.4 Å². The fourth-order valence-electron chi connectivity index (χ4n) is 1.79. The molecule has 0 aliphatic heterocycles. The van der Waals surface area contributed by atoms with Crippen molar-refractivity contribution in [3.05, 3.63) is 33.4 Å². The molecule has 0 saturated carbocycles. The van der Waals surface area contributed by atoms with E-state index in [9.17, 15) is 13.2 Å². The van der Waals surface area contributed by atoms with Crippen LogP contribution in [0, 0.1) is 11.3 Å². The van der Waals surface area contributed by atoms with Crippen molar-refractivity contribution >= 4 is 41.1 Å². The third kappa shape index (κ3) is 3.57. The maximum absolute atomic E-state index is 12.8. The number of nitrogens with two attached hydrogens (primary N) is 1. The highest BCUT2D eigenvalue weighted by Crippen LogP contribution is 2.40. The number of nitrogen functional groups attached to an aromatic ring is 1. The number of hydrogen-bond acceptors (Lipinski definition) is 5. The maximum atomic E-state index is 12.8. The number of halogens is 5. The van der Waals surface area contributed by atoms with Crippen LogP contribution in [0.4, 0.5) is 19.0 Å². The summed E-state index contributed by atoms with van der Waals surface area (Å²) in [5, 5.41) is 12.5. The van der Waals surface area contributed by atoms with E-state index in [1.165, 1.54) is 0 Å². The van der Waals surface area contributed by atoms with Crippen molar-refractivity contribution in [3.8, 4) is 11.8 Å². The summed E-state index contributed by atoms with van der Waals surface area (Å²) in [6.45, 7) is 2.09. The molecule has 0 unspecified atom stereocenters. The summed E-state index contributed by atoms with van der Waals surface area (Å²) in [5.41, 5.74) is 4.81. The number of benzene rings is 1. The Morgan fingerprint density at radius 3 is 2.42 bits per heavy atom. The monoisotopic (exact) mass is 396 g/mol. The van der Waals surface area contributed by atoms with Crippen molar-refractivity contribution in [2.45, 2.75) is 18.0 Å². The first-order valence-corrected chi connectivity index (χ1v) is 7.85. The molecule has 0 spiro atoms. The lowest BCUT2D eigenvalue weighted by Gasteiger charge is -2.13. The van der Waals surface area contributed by atoms with Crippen LogP contribution in [0.25, 0.3) is 5.69 Å². The van der Waals surface area contributed by atoms with Gasteiger partial charge in [0, 0.05) is 12.0 Å². The Bertz CT molecular complexity index is 794. The second-order valence-electron chi connectivity index (χ2n) is 4.36. The fourth-order valence-corrected chi connectivity index (χ4v) is 3.01. The van der Waals surface area contributed by atoms with E-state index in [4.69, 9.17) is 38.4 Å². The maximum Gasteiger partial charge on any atom is 0.416 e. The largest absolute Gasteiger partial charge is 0.416 e. The lowest BCUT2D eigenvalue weighted by Crippen LogP contribution is -2.08. The van der Waals surface area contributed by atoms with E-state index in [1.54, 1.807) is 6.92 Å². The number of hydrogen-bond donors (Lipinski definition) is 1. The van der Waals surface area contributed by atoms with Gasteiger partial charge in [-0.2, -0.15) is 23.5 Å². The first-order chi connectivity index (χ1) is 11.2. The summed E-state index contributed by atoms with van der Waals surface area (Å²) >= 11 is 12.7. The molecule has 0 aliphatic carbocycles. The fraction of sp³-hybridized carbons (Fsp3) is 0.231. The van der Waals surface area contributed by atoms with Gasteiger partial charge in [0.2, 0.25) is 0 Å². The van der Waals surface area contributed by atoms with Crippen LogP contribution in [-0.4, -0.2) is 16.4 Å². The topological polar surface area (TPSA) is 76.9 Å². The number of anilines is 1. The smallest absolute Gasteiger partial charge is 0.383 e. The van der Waals surface area contributed by atoms with E-state index in [-0.39, 0.29) is 32.1 Å². The minimum atomic E-state index is -4.60. The zero-order chi connectivity index (χ0) is 18.1. The molecule has 1 aromatic heterocycles. The van der Waals surface area contributed by atoms with Crippen LogP contribution in [0.15, 0.2) is 17.0 Å². The first-order valence-electron chi connectivity index (χ1n) is 6.35. The van der Waals surface area contributed by atoms with E-state index >= 15 is 0 Å². The predicted molar refractivity (Wildman–Crippen MR) is 85.2 cm³/mol. The average Bonchev–Trinajstić information content (AvgIpc) is 2.80. The van der Waals surface area contributed by atoms with Gasteiger partial charge >= 0.3 is 6.18 Å². The van der Waals surface area contributed by atoms with Crippen LogP contribution in [-0.2, 0) is 10.4 Å². The molecule has 2 aromatic rings. The van der Waals surface area contributed by atoms with Crippen LogP contribution in [0.3, 0.4) is 0 Å². The highest BCUT2D eigenvalue weighted by atomic mass is 35.5. The highest BCUT2D eigenvalue weighted by molar-refractivity contribution is 7.94. The highest BCUT2D eigenvalue weighted by Gasteiger charge is 2.33. The minimum absolute atomic E-state index is 0.0199. The summed E-state index contributed by atoms with van der Waals surface area (Å²) in [6, 6.07) is 3.26. The normalized spacial score (nSPS) is 11.5. The summed E-state index contributed by atoms with van der Waals surface area (Å²) in [4.78, 5) is 0.228. The standard InChI is InChI=1S/C13H9Cl2F3N4OS/c1-2-23-24-11-9(5-19)21-22(12(11)20)10-7(14)3-6(4-8(10)15)13(16,17)18/h3-4H,2,20H2,1H3. The van der Waals surface area contributed by atoms with Gasteiger partial charge in [-0.3, -0.25) is 0 Å². The summed E-state index contributed by atoms with van der Waals surface area (Å²) in [7, 11) is 0. The van der Waals surface area contributed by atoms with Gasteiger partial charge in [-0.1, -0.05) is 23.2 Å². The first kappa shape index (κ1) is 18.7. The summed E-state index contributed by atoms with van der Waals surface area (Å²) < 4.78 is 44.5. The Hall–Kier alpha value is -1.60. The molecule has 1 aromatic carbocycles. The summed E-state index contributed by atoms with van der Waals surface area (Å²) in [5.74, 6) is -0.0199. The van der Waals surface area contributed by atoms with Gasteiger partial charge in [0.25, 0.3) is 0 Å². The van der Waals surface area contributed by atoms with Crippen LogP contribution in [0.5, 0.6) is 0 Å². The number of alkyl halides is 3. The Morgan fingerprint density at radius 2 is 1.96 bits per heavy atom. The molecule has 0 amide bonds. The molecule has 0 fully saturated rings. The third-order valence-electron chi connectivity index (χ3n) is 2.80. The molecule has 5 nitrogen and oxygen atoms in total. The molecule has 2 N–H and O–H groups in total. The molecule has 0 saturated heterocycles. The average molecular weight is 397 g/mol. The van der Waals surface area contributed by atoms with Gasteiger partial charge in [-0.15, -0.1) is 0 Å². The molecule has 24 heavy (non-hydrogen) atoms. The van der Waals surface area contributed by atoms with Crippen molar-refractivity contribution in [2.24, 2.45) is 0 Å². The van der Waals surface area contributed by atoms with Gasteiger partial charge in [-0.25, -0.2) is 4.68 Å². The van der Waals surface area contributed by atoms with Crippen LogP contribution in [0.2, 0.25) is 10.0 Å². The Balaban J connectivity index is 2.61. The number of aromatic nitrogens is 2. The van der Waals surface area contributed by atoms with Crippen LogP contribution < -0.4 is 5.73 Å². The Kier molecular flexibility index (Phi) is 5.55. The molecular weight excluding hydrogens is 388 g/mol. The van der Waals surface area contributed by atoms with Crippen LogP contribution >= 0.6 is 35.2 Å². The lowest BCUT2D eigenvalue weighted by molar-refractivity contribution is -0.137. The van der Waals surface area contributed by atoms with E-state index in [0.29, 0.717) is 18.7 Å². The number of rotatable bonds is 4. The lowest BCUT2D eigenvalue weighted by atomic mass is 10.2. The van der Waals surface area contributed by atoms with Gasteiger partial charge in [0.1, 0.15) is 22.5 Å². The predicted octanol–water partition coefficient (Wildman–Crippen LogP) is 4.70. The molecular formula is C13H9Cl2F3N4OS. The van der Waals surface area contributed by atoms with Crippen LogP contribution in [0.1, 0.15) is 18.2 Å². The van der Waals surface area contributed by atoms with E-state index < -0.39 is 11.7 Å². The van der Waals surface area contributed by atoms with Gasteiger partial charge in [-0.05, 0) is 19.1 Å². The number of nitrogens with zero attached hydrogens (tertiary/aromatic N) is 3. The van der Waals surface area contributed by atoms with Gasteiger partial charge in [0.05, 0.1) is 22.2 Å². The second-order valence-corrected chi connectivity index (χ2v) is 5.99. The number of nitriles is 1. The van der Waals surface area contributed by atoms with Crippen molar-refractivity contribution in [1.29, 1.82) is 5.26 Å². The Morgan fingerprint density at radius 1 is 1.38 bits per heavy atom. The quantitative estimate of drug-likeness (QED) is 0.758. The molecule has 0 bridgehead atoms. The molecule has 2 rings (SSSR count). The molecule has 128 valence electrons.